The Morgan fingerprint density at radius 1 is 1.13 bits per heavy atom. The summed E-state index contributed by atoms with van der Waals surface area (Å²) in [4.78, 5) is 3.99. The summed E-state index contributed by atoms with van der Waals surface area (Å²) in [5.41, 5.74) is 7.65. The molecule has 3 aromatic heterocycles. The molecule has 4 rings (SSSR count). The van der Waals surface area contributed by atoms with Gasteiger partial charge in [0.25, 0.3) is 0 Å². The van der Waals surface area contributed by atoms with Gasteiger partial charge in [0.05, 0.1) is 6.20 Å². The predicted octanol–water partition coefficient (Wildman–Crippen LogP) is 3.86. The Hall–Kier alpha value is -3.83. The maximum Gasteiger partial charge on any atom is 0.573 e. The molecule has 0 aliphatic carbocycles. The lowest BCUT2D eigenvalue weighted by molar-refractivity contribution is -0.275. The number of alkyl halides is 3. The number of benzene rings is 1. The second-order valence-electron chi connectivity index (χ2n) is 7.00. The van der Waals surface area contributed by atoms with Crippen molar-refractivity contribution in [1.82, 2.24) is 30.2 Å². The highest BCUT2D eigenvalue weighted by Gasteiger charge is 2.32. The van der Waals surface area contributed by atoms with Crippen LogP contribution in [0.5, 0.6) is 11.5 Å². The van der Waals surface area contributed by atoms with Crippen LogP contribution in [-0.4, -0.2) is 36.5 Å². The minimum Gasteiger partial charge on any atom is -0.486 e. The van der Waals surface area contributed by atoms with E-state index in [1.165, 1.54) is 18.2 Å². The van der Waals surface area contributed by atoms with Crippen LogP contribution in [0.25, 0.3) is 22.3 Å². The van der Waals surface area contributed by atoms with Gasteiger partial charge in [0.15, 0.2) is 11.3 Å². The third-order valence-corrected chi connectivity index (χ3v) is 4.42. The number of nitrogen functional groups attached to an aromatic ring is 1. The third kappa shape index (κ3) is 4.52. The Labute approximate surface area is 174 Å². The number of nitrogens with one attached hydrogen (secondary N) is 1. The number of ether oxygens (including phenoxy) is 2. The summed E-state index contributed by atoms with van der Waals surface area (Å²) in [7, 11) is 0. The second kappa shape index (κ2) is 7.78. The number of hydrogen-bond donors (Lipinski definition) is 2. The summed E-state index contributed by atoms with van der Waals surface area (Å²) in [6, 6.07) is 6.03. The van der Waals surface area contributed by atoms with Gasteiger partial charge in [-0.25, -0.2) is 4.98 Å². The summed E-state index contributed by atoms with van der Waals surface area (Å²) in [6.07, 6.45) is -1.52. The van der Waals surface area contributed by atoms with E-state index in [1.54, 1.807) is 23.1 Å². The van der Waals surface area contributed by atoms with Crippen LogP contribution in [0, 0.1) is 0 Å². The molecule has 0 amide bonds. The molecular formula is C19H18F3N7O2. The minimum atomic E-state index is -4.87. The van der Waals surface area contributed by atoms with E-state index in [9.17, 15) is 13.2 Å². The lowest BCUT2D eigenvalue weighted by atomic mass is 10.1. The Balaban J connectivity index is 1.65. The zero-order valence-corrected chi connectivity index (χ0v) is 16.5. The first-order valence-electron chi connectivity index (χ1n) is 9.22. The van der Waals surface area contributed by atoms with Crippen LogP contribution in [0.1, 0.15) is 25.5 Å². The predicted molar refractivity (Wildman–Crippen MR) is 105 cm³/mol. The van der Waals surface area contributed by atoms with Gasteiger partial charge in [0.1, 0.15) is 18.2 Å². The molecule has 0 radical (unpaired) electrons. The Morgan fingerprint density at radius 3 is 2.65 bits per heavy atom. The van der Waals surface area contributed by atoms with Crippen molar-refractivity contribution >= 4 is 17.0 Å². The molecule has 0 unspecified atom stereocenters. The molecule has 162 valence electrons. The molecule has 0 aliphatic heterocycles. The fraction of sp³-hybridized carbons (Fsp3) is 0.263. The monoisotopic (exact) mass is 433 g/mol. The molecule has 3 N–H and O–H groups in total. The molecule has 0 aliphatic rings. The molecule has 0 saturated carbocycles. The Kier molecular flexibility index (Phi) is 5.13. The van der Waals surface area contributed by atoms with Gasteiger partial charge in [-0.2, -0.15) is 15.4 Å². The van der Waals surface area contributed by atoms with Gasteiger partial charge in [-0.1, -0.05) is 12.1 Å². The summed E-state index contributed by atoms with van der Waals surface area (Å²) < 4.78 is 50.7. The highest BCUT2D eigenvalue weighted by molar-refractivity contribution is 5.78. The van der Waals surface area contributed by atoms with E-state index < -0.39 is 6.36 Å². The SMILES string of the molecule is CC(C)n1cc(-c2ccc(COc3cc(N)nc4n[nH]nc34)c(OC(F)(F)F)c2)cn1. The topological polar surface area (TPSA) is 117 Å². The normalized spacial score (nSPS) is 11.9. The maximum absolute atomic E-state index is 13.0. The highest BCUT2D eigenvalue weighted by atomic mass is 19.4. The van der Waals surface area contributed by atoms with Crippen molar-refractivity contribution < 1.29 is 22.6 Å². The van der Waals surface area contributed by atoms with E-state index in [0.717, 1.165) is 0 Å². The first-order valence-corrected chi connectivity index (χ1v) is 9.22. The lowest BCUT2D eigenvalue weighted by Crippen LogP contribution is -2.18. The van der Waals surface area contributed by atoms with Gasteiger partial charge < -0.3 is 15.2 Å². The van der Waals surface area contributed by atoms with Crippen LogP contribution >= 0.6 is 0 Å². The quantitative estimate of drug-likeness (QED) is 0.474. The zero-order chi connectivity index (χ0) is 22.2. The summed E-state index contributed by atoms with van der Waals surface area (Å²) in [5, 5.41) is 14.4. The van der Waals surface area contributed by atoms with Gasteiger partial charge >= 0.3 is 6.36 Å². The van der Waals surface area contributed by atoms with E-state index in [2.05, 4.69) is 30.2 Å². The molecule has 0 spiro atoms. The molecule has 0 bridgehead atoms. The summed E-state index contributed by atoms with van der Waals surface area (Å²) in [5.74, 6) is -0.00195. The molecule has 12 heteroatoms. The van der Waals surface area contributed by atoms with Crippen LogP contribution in [-0.2, 0) is 6.61 Å². The summed E-state index contributed by atoms with van der Waals surface area (Å²) in [6.45, 7) is 3.68. The molecule has 31 heavy (non-hydrogen) atoms. The Morgan fingerprint density at radius 2 is 1.94 bits per heavy atom. The van der Waals surface area contributed by atoms with E-state index in [4.69, 9.17) is 10.5 Å². The van der Waals surface area contributed by atoms with Crippen LogP contribution in [0.4, 0.5) is 19.0 Å². The number of aromatic amines is 1. The van der Waals surface area contributed by atoms with Gasteiger partial charge in [0, 0.05) is 29.4 Å². The Bertz CT molecular complexity index is 1220. The number of rotatable bonds is 6. The van der Waals surface area contributed by atoms with Crippen molar-refractivity contribution in [2.45, 2.75) is 32.9 Å². The fourth-order valence-corrected chi connectivity index (χ4v) is 2.93. The second-order valence-corrected chi connectivity index (χ2v) is 7.00. The number of aromatic nitrogens is 6. The smallest absolute Gasteiger partial charge is 0.486 e. The van der Waals surface area contributed by atoms with Crippen LogP contribution < -0.4 is 15.2 Å². The number of anilines is 1. The largest absolute Gasteiger partial charge is 0.573 e. The van der Waals surface area contributed by atoms with Gasteiger partial charge in [-0.3, -0.25) is 4.68 Å². The maximum atomic E-state index is 13.0. The fourth-order valence-electron chi connectivity index (χ4n) is 2.93. The molecular weight excluding hydrogens is 415 g/mol. The zero-order valence-electron chi connectivity index (χ0n) is 16.5. The van der Waals surface area contributed by atoms with Crippen molar-refractivity contribution in [1.29, 1.82) is 0 Å². The number of nitrogens with two attached hydrogens (primary N) is 1. The minimum absolute atomic E-state index is 0.119. The first kappa shape index (κ1) is 20.4. The van der Waals surface area contributed by atoms with E-state index in [-0.39, 0.29) is 41.2 Å². The van der Waals surface area contributed by atoms with Gasteiger partial charge in [0.2, 0.25) is 5.65 Å². The van der Waals surface area contributed by atoms with Crippen molar-refractivity contribution in [2.24, 2.45) is 0 Å². The number of halogens is 3. The number of nitrogens with zero attached hydrogens (tertiary/aromatic N) is 5. The molecule has 0 fully saturated rings. The highest BCUT2D eigenvalue weighted by Crippen LogP contribution is 2.33. The average molecular weight is 433 g/mol. The van der Waals surface area contributed by atoms with Crippen LogP contribution in [0.15, 0.2) is 36.7 Å². The van der Waals surface area contributed by atoms with E-state index in [1.807, 2.05) is 13.8 Å². The standard InChI is InChI=1S/C19H18F3N7O2/c1-10(2)29-8-13(7-24-29)11-3-4-12(14(5-11)31-19(20,21)22)9-30-15-6-16(23)25-18-17(15)26-28-27-18/h3-8,10H,9H2,1-2H3,(H3,23,25,26,27,28). The molecule has 4 aromatic rings. The van der Waals surface area contributed by atoms with Crippen LogP contribution in [0.2, 0.25) is 0 Å². The molecule has 1 aromatic carbocycles. The number of pyridine rings is 1. The van der Waals surface area contributed by atoms with Gasteiger partial charge in [-0.15, -0.1) is 18.3 Å². The van der Waals surface area contributed by atoms with Crippen molar-refractivity contribution in [3.05, 3.63) is 42.2 Å². The number of hydrogen-bond acceptors (Lipinski definition) is 7. The third-order valence-electron chi connectivity index (χ3n) is 4.42. The lowest BCUT2D eigenvalue weighted by Gasteiger charge is -2.15. The van der Waals surface area contributed by atoms with Crippen LogP contribution in [0.3, 0.4) is 0 Å². The number of H-pyrrole nitrogens is 1. The molecule has 0 saturated heterocycles. The molecule has 9 nitrogen and oxygen atoms in total. The van der Waals surface area contributed by atoms with Crippen molar-refractivity contribution in [3.8, 4) is 22.6 Å². The molecule has 0 atom stereocenters. The van der Waals surface area contributed by atoms with E-state index >= 15 is 0 Å². The number of fused-ring (bicyclic) bond motifs is 1. The molecule has 3 heterocycles. The van der Waals surface area contributed by atoms with Gasteiger partial charge in [-0.05, 0) is 25.5 Å². The van der Waals surface area contributed by atoms with Crippen molar-refractivity contribution in [2.75, 3.05) is 5.73 Å². The summed E-state index contributed by atoms with van der Waals surface area (Å²) >= 11 is 0. The van der Waals surface area contributed by atoms with Crippen molar-refractivity contribution in [3.63, 3.8) is 0 Å². The first-order chi connectivity index (χ1) is 14.7. The van der Waals surface area contributed by atoms with E-state index in [0.29, 0.717) is 16.6 Å². The average Bonchev–Trinajstić information content (AvgIpc) is 3.35.